The summed E-state index contributed by atoms with van der Waals surface area (Å²) in [6.07, 6.45) is 17.8. The summed E-state index contributed by atoms with van der Waals surface area (Å²) >= 11 is 0. The van der Waals surface area contributed by atoms with Crippen molar-refractivity contribution < 1.29 is 4.74 Å². The molecule has 0 radical (unpaired) electrons. The summed E-state index contributed by atoms with van der Waals surface area (Å²) < 4.78 is 5.85. The van der Waals surface area contributed by atoms with Crippen molar-refractivity contribution in [1.29, 1.82) is 0 Å². The van der Waals surface area contributed by atoms with E-state index in [2.05, 4.69) is 62.4 Å². The third kappa shape index (κ3) is 8.02. The SMILES string of the molecule is CCCCCCCC1CCC(c2ccc(-c3ccc(OCCCCC)cc3)cc2)CC1. The van der Waals surface area contributed by atoms with E-state index in [0.717, 1.165) is 30.6 Å². The standard InChI is InChI=1S/C30H44O/c1-3-5-7-8-9-11-25-12-14-26(15-13-25)27-16-18-28(19-17-27)29-20-22-30(23-21-29)31-24-10-6-4-2/h16-23,25-26H,3-15,24H2,1-2H3. The van der Waals surface area contributed by atoms with Crippen LogP contribution in [-0.2, 0) is 0 Å². The highest BCUT2D eigenvalue weighted by molar-refractivity contribution is 5.64. The molecule has 0 amide bonds. The Morgan fingerprint density at radius 3 is 1.87 bits per heavy atom. The van der Waals surface area contributed by atoms with Crippen molar-refractivity contribution in [3.8, 4) is 16.9 Å². The van der Waals surface area contributed by atoms with Gasteiger partial charge in [-0.15, -0.1) is 0 Å². The summed E-state index contributed by atoms with van der Waals surface area (Å²) in [6.45, 7) is 5.35. The van der Waals surface area contributed by atoms with E-state index in [-0.39, 0.29) is 0 Å². The third-order valence-corrected chi connectivity index (χ3v) is 7.15. The molecule has 0 aromatic heterocycles. The number of benzene rings is 2. The van der Waals surface area contributed by atoms with Gasteiger partial charge in [-0.2, -0.15) is 0 Å². The van der Waals surface area contributed by atoms with Crippen molar-refractivity contribution in [2.45, 2.75) is 103 Å². The van der Waals surface area contributed by atoms with E-state index in [4.69, 9.17) is 4.74 Å². The lowest BCUT2D eigenvalue weighted by Gasteiger charge is -2.29. The summed E-state index contributed by atoms with van der Waals surface area (Å²) in [7, 11) is 0. The van der Waals surface area contributed by atoms with Crippen molar-refractivity contribution in [3.05, 3.63) is 54.1 Å². The molecule has 0 spiro atoms. The van der Waals surface area contributed by atoms with Gasteiger partial charge in [-0.1, -0.05) is 102 Å². The van der Waals surface area contributed by atoms with Gasteiger partial charge in [0.25, 0.3) is 0 Å². The molecule has 0 heterocycles. The van der Waals surface area contributed by atoms with Gasteiger partial charge < -0.3 is 4.74 Å². The first-order chi connectivity index (χ1) is 15.3. The minimum absolute atomic E-state index is 0.768. The summed E-state index contributed by atoms with van der Waals surface area (Å²) in [5.41, 5.74) is 4.13. The lowest BCUT2D eigenvalue weighted by Crippen LogP contribution is -2.13. The molecule has 1 aliphatic carbocycles. The highest BCUT2D eigenvalue weighted by Crippen LogP contribution is 2.38. The quantitative estimate of drug-likeness (QED) is 0.293. The Kier molecular flexibility index (Phi) is 10.5. The lowest BCUT2D eigenvalue weighted by molar-refractivity contribution is 0.302. The molecule has 31 heavy (non-hydrogen) atoms. The van der Waals surface area contributed by atoms with E-state index >= 15 is 0 Å². The second-order valence-corrected chi connectivity index (χ2v) is 9.62. The van der Waals surface area contributed by atoms with Crippen LogP contribution in [0.4, 0.5) is 0 Å². The van der Waals surface area contributed by atoms with Crippen LogP contribution in [0.5, 0.6) is 5.75 Å². The maximum Gasteiger partial charge on any atom is 0.119 e. The Morgan fingerprint density at radius 2 is 1.23 bits per heavy atom. The molecule has 2 aromatic carbocycles. The Bertz CT molecular complexity index is 707. The smallest absolute Gasteiger partial charge is 0.119 e. The Balaban J connectivity index is 1.43. The number of rotatable bonds is 13. The van der Waals surface area contributed by atoms with Crippen molar-refractivity contribution in [1.82, 2.24) is 0 Å². The highest BCUT2D eigenvalue weighted by atomic mass is 16.5. The molecule has 3 rings (SSSR count). The fraction of sp³-hybridized carbons (Fsp3) is 0.600. The van der Waals surface area contributed by atoms with E-state index in [1.54, 1.807) is 5.56 Å². The van der Waals surface area contributed by atoms with Crippen LogP contribution < -0.4 is 4.74 Å². The summed E-state index contributed by atoms with van der Waals surface area (Å²) in [4.78, 5) is 0. The second-order valence-electron chi connectivity index (χ2n) is 9.62. The fourth-order valence-corrected chi connectivity index (χ4v) is 5.05. The number of unbranched alkanes of at least 4 members (excludes halogenated alkanes) is 6. The van der Waals surface area contributed by atoms with E-state index in [1.165, 1.54) is 88.2 Å². The fourth-order valence-electron chi connectivity index (χ4n) is 5.05. The van der Waals surface area contributed by atoms with Crippen LogP contribution in [0.1, 0.15) is 109 Å². The molecule has 1 saturated carbocycles. The van der Waals surface area contributed by atoms with Gasteiger partial charge in [-0.3, -0.25) is 0 Å². The average molecular weight is 421 g/mol. The zero-order chi connectivity index (χ0) is 21.7. The van der Waals surface area contributed by atoms with E-state index < -0.39 is 0 Å². The molecular weight excluding hydrogens is 376 g/mol. The maximum absolute atomic E-state index is 5.85. The minimum Gasteiger partial charge on any atom is -0.494 e. The number of hydrogen-bond acceptors (Lipinski definition) is 1. The first-order valence-corrected chi connectivity index (χ1v) is 13.1. The molecule has 1 nitrogen and oxygen atoms in total. The van der Waals surface area contributed by atoms with Gasteiger partial charge in [-0.25, -0.2) is 0 Å². The number of ether oxygens (including phenoxy) is 1. The van der Waals surface area contributed by atoms with Crippen molar-refractivity contribution in [2.75, 3.05) is 6.61 Å². The first kappa shape index (κ1) is 23.9. The van der Waals surface area contributed by atoms with Gasteiger partial charge in [0.05, 0.1) is 6.61 Å². The molecule has 1 heteroatoms. The summed E-state index contributed by atoms with van der Waals surface area (Å²) in [6, 6.07) is 18.0. The molecular formula is C30H44O. The minimum atomic E-state index is 0.768. The second kappa shape index (κ2) is 13.6. The monoisotopic (exact) mass is 420 g/mol. The van der Waals surface area contributed by atoms with Crippen LogP contribution in [0.2, 0.25) is 0 Å². The normalized spacial score (nSPS) is 18.8. The van der Waals surface area contributed by atoms with Gasteiger partial charge in [0.15, 0.2) is 0 Å². The van der Waals surface area contributed by atoms with Crippen molar-refractivity contribution in [3.63, 3.8) is 0 Å². The van der Waals surface area contributed by atoms with Gasteiger partial charge in [0.1, 0.15) is 5.75 Å². The Labute approximate surface area is 191 Å². The molecule has 0 aliphatic heterocycles. The largest absolute Gasteiger partial charge is 0.494 e. The molecule has 0 saturated heterocycles. The third-order valence-electron chi connectivity index (χ3n) is 7.15. The van der Waals surface area contributed by atoms with Gasteiger partial charge in [0, 0.05) is 0 Å². The zero-order valence-corrected chi connectivity index (χ0v) is 20.1. The van der Waals surface area contributed by atoms with Crippen molar-refractivity contribution in [2.24, 2.45) is 5.92 Å². The Hall–Kier alpha value is -1.76. The van der Waals surface area contributed by atoms with Crippen LogP contribution in [-0.4, -0.2) is 6.61 Å². The van der Waals surface area contributed by atoms with Gasteiger partial charge in [0.2, 0.25) is 0 Å². The topological polar surface area (TPSA) is 9.23 Å². The molecule has 2 aromatic rings. The van der Waals surface area contributed by atoms with Crippen molar-refractivity contribution >= 4 is 0 Å². The molecule has 0 atom stereocenters. The first-order valence-electron chi connectivity index (χ1n) is 13.1. The predicted molar refractivity (Wildman–Crippen MR) is 135 cm³/mol. The van der Waals surface area contributed by atoms with Gasteiger partial charge in [-0.05, 0) is 72.8 Å². The van der Waals surface area contributed by atoms with Crippen LogP contribution >= 0.6 is 0 Å². The molecule has 0 unspecified atom stereocenters. The van der Waals surface area contributed by atoms with Crippen LogP contribution in [0, 0.1) is 5.92 Å². The Morgan fingerprint density at radius 1 is 0.645 bits per heavy atom. The maximum atomic E-state index is 5.85. The molecule has 0 N–H and O–H groups in total. The summed E-state index contributed by atoms with van der Waals surface area (Å²) in [5.74, 6) is 2.74. The van der Waals surface area contributed by atoms with Gasteiger partial charge >= 0.3 is 0 Å². The summed E-state index contributed by atoms with van der Waals surface area (Å²) in [5, 5.41) is 0. The zero-order valence-electron chi connectivity index (χ0n) is 20.1. The van der Waals surface area contributed by atoms with E-state index in [1.807, 2.05) is 0 Å². The molecule has 1 aliphatic rings. The molecule has 0 bridgehead atoms. The van der Waals surface area contributed by atoms with E-state index in [0.29, 0.717) is 0 Å². The highest BCUT2D eigenvalue weighted by Gasteiger charge is 2.22. The lowest BCUT2D eigenvalue weighted by atomic mass is 9.77. The average Bonchev–Trinajstić information content (AvgIpc) is 2.83. The van der Waals surface area contributed by atoms with Crippen LogP contribution in [0.3, 0.4) is 0 Å². The predicted octanol–water partition coefficient (Wildman–Crippen LogP) is 9.56. The van der Waals surface area contributed by atoms with E-state index in [9.17, 15) is 0 Å². The molecule has 1 fully saturated rings. The van der Waals surface area contributed by atoms with Crippen LogP contribution in [0.25, 0.3) is 11.1 Å². The van der Waals surface area contributed by atoms with Crippen LogP contribution in [0.15, 0.2) is 48.5 Å². The molecule has 170 valence electrons. The number of hydrogen-bond donors (Lipinski definition) is 0.